The first kappa shape index (κ1) is 30.4. The lowest BCUT2D eigenvalue weighted by Gasteiger charge is -2.61. The van der Waals surface area contributed by atoms with Crippen molar-refractivity contribution in [3.05, 3.63) is 42.5 Å². The van der Waals surface area contributed by atoms with Gasteiger partial charge in [-0.15, -0.1) is 6.58 Å². The molecule has 4 bridgehead atoms. The quantitative estimate of drug-likeness (QED) is 0.151. The van der Waals surface area contributed by atoms with E-state index >= 15 is 0 Å². The van der Waals surface area contributed by atoms with Crippen molar-refractivity contribution in [2.24, 2.45) is 17.3 Å². The summed E-state index contributed by atoms with van der Waals surface area (Å²) >= 11 is 0. The van der Waals surface area contributed by atoms with E-state index in [-0.39, 0.29) is 28.4 Å². The van der Waals surface area contributed by atoms with Gasteiger partial charge < -0.3 is 14.0 Å². The fraction of sp³-hybridized carbons (Fsp3) is 0.677. The van der Waals surface area contributed by atoms with Crippen LogP contribution in [0, 0.1) is 24.2 Å². The van der Waals surface area contributed by atoms with Gasteiger partial charge in [0.2, 0.25) is 10.0 Å². The Morgan fingerprint density at radius 2 is 1.90 bits per heavy atom. The first-order chi connectivity index (χ1) is 19.2. The summed E-state index contributed by atoms with van der Waals surface area (Å²) in [4.78, 5) is 28.9. The molecule has 10 heteroatoms. The molecule has 0 radical (unpaired) electrons. The zero-order chi connectivity index (χ0) is 30.0. The van der Waals surface area contributed by atoms with Crippen molar-refractivity contribution in [3.8, 4) is 0 Å². The number of piperidine rings is 1. The third-order valence-corrected chi connectivity index (χ3v) is 17.3. The molecule has 1 spiro atoms. The topological polar surface area (TPSA) is 93.2 Å². The van der Waals surface area contributed by atoms with Crippen LogP contribution in [0.1, 0.15) is 58.4 Å². The largest absolute Gasteiger partial charge is 0.441 e. The number of carbonyl (C=O) groups excluding carboxylic acids is 2. The second kappa shape index (κ2) is 10.3. The highest BCUT2D eigenvalue weighted by molar-refractivity contribution is 7.89. The van der Waals surface area contributed by atoms with Crippen LogP contribution in [-0.4, -0.2) is 75.7 Å². The van der Waals surface area contributed by atoms with Crippen molar-refractivity contribution >= 4 is 30.7 Å². The summed E-state index contributed by atoms with van der Waals surface area (Å²) < 4.78 is 43.3. The lowest BCUT2D eigenvalue weighted by molar-refractivity contribution is -0.144. The molecule has 3 heterocycles. The average molecular weight is 603 g/mol. The number of sulfonamides is 1. The number of cyclic esters (lactones) is 1. The molecule has 1 aliphatic carbocycles. The Hall–Kier alpha value is -2.01. The molecule has 41 heavy (non-hydrogen) atoms. The molecule has 4 fully saturated rings. The smallest absolute Gasteiger partial charge is 0.410 e. The van der Waals surface area contributed by atoms with Crippen molar-refractivity contribution in [1.29, 1.82) is 0 Å². The number of allylic oxidation sites excluding steroid dienone is 1. The minimum atomic E-state index is -3.99. The number of aldehydes is 1. The summed E-state index contributed by atoms with van der Waals surface area (Å²) in [6.45, 7) is 17.6. The normalized spacial score (nSPS) is 33.4. The van der Waals surface area contributed by atoms with Crippen molar-refractivity contribution in [1.82, 2.24) is 9.21 Å². The SMILES string of the molecule is C=CCCC[C@@]1(C=O)C[C@H]2CN3C(=O)O[C@H](CO[Si](C)(C)C(C)(C)C)[C@@]34[C@@H]2CCN(S(=O)(=O)c2ccc(C)cc2)[C@@H]14. The van der Waals surface area contributed by atoms with Crippen LogP contribution >= 0.6 is 0 Å². The van der Waals surface area contributed by atoms with Crippen LogP contribution in [0.5, 0.6) is 0 Å². The Labute approximate surface area is 246 Å². The van der Waals surface area contributed by atoms with Crippen molar-refractivity contribution in [2.45, 2.75) is 101 Å². The Morgan fingerprint density at radius 3 is 2.51 bits per heavy atom. The summed E-state index contributed by atoms with van der Waals surface area (Å²) in [7, 11) is -6.21. The molecule has 1 amide bonds. The Bertz CT molecular complexity index is 1310. The first-order valence-corrected chi connectivity index (χ1v) is 19.3. The molecule has 1 saturated carbocycles. The molecular formula is C31H46N2O6SSi. The number of hydrogen-bond donors (Lipinski definition) is 0. The lowest BCUT2D eigenvalue weighted by atomic mass is 9.52. The third kappa shape index (κ3) is 4.55. The highest BCUT2D eigenvalue weighted by atomic mass is 32.2. The Morgan fingerprint density at radius 1 is 1.22 bits per heavy atom. The second-order valence-electron chi connectivity index (χ2n) is 14.2. The van der Waals surface area contributed by atoms with E-state index in [0.29, 0.717) is 38.8 Å². The molecule has 1 aromatic carbocycles. The van der Waals surface area contributed by atoms with Gasteiger partial charge >= 0.3 is 6.09 Å². The van der Waals surface area contributed by atoms with Gasteiger partial charge in [0.1, 0.15) is 11.8 Å². The highest BCUT2D eigenvalue weighted by Crippen LogP contribution is 2.65. The summed E-state index contributed by atoms with van der Waals surface area (Å²) in [6.07, 6.45) is 4.89. The minimum absolute atomic E-state index is 0.0314. The van der Waals surface area contributed by atoms with Gasteiger partial charge in [0.25, 0.3) is 0 Å². The molecule has 1 aromatic rings. The van der Waals surface area contributed by atoms with Crippen LogP contribution in [0.15, 0.2) is 41.8 Å². The third-order valence-electron chi connectivity index (χ3n) is 10.9. The van der Waals surface area contributed by atoms with E-state index in [1.165, 1.54) is 0 Å². The molecule has 8 nitrogen and oxygen atoms in total. The van der Waals surface area contributed by atoms with Crippen LogP contribution in [0.2, 0.25) is 18.1 Å². The molecule has 4 aliphatic rings. The fourth-order valence-corrected chi connectivity index (χ4v) is 10.7. The molecule has 226 valence electrons. The Balaban J connectivity index is 1.66. The van der Waals surface area contributed by atoms with Gasteiger partial charge in [-0.2, -0.15) is 4.31 Å². The Kier molecular flexibility index (Phi) is 7.66. The molecule has 0 unspecified atom stereocenters. The zero-order valence-corrected chi connectivity index (χ0v) is 27.2. The predicted molar refractivity (Wildman–Crippen MR) is 160 cm³/mol. The zero-order valence-electron chi connectivity index (χ0n) is 25.4. The van der Waals surface area contributed by atoms with E-state index in [0.717, 1.165) is 18.3 Å². The van der Waals surface area contributed by atoms with E-state index in [1.54, 1.807) is 33.5 Å². The molecule has 3 saturated heterocycles. The number of nitrogens with zero attached hydrogens (tertiary/aromatic N) is 2. The fourth-order valence-electron chi connectivity index (χ4n) is 7.95. The number of aryl methyl sites for hydroxylation is 1. The number of amides is 1. The maximum atomic E-state index is 14.5. The molecule has 6 atom stereocenters. The van der Waals surface area contributed by atoms with Gasteiger partial charge in [0, 0.05) is 18.5 Å². The van der Waals surface area contributed by atoms with Crippen LogP contribution in [0.25, 0.3) is 0 Å². The van der Waals surface area contributed by atoms with Gasteiger partial charge in [0.15, 0.2) is 14.4 Å². The second-order valence-corrected chi connectivity index (χ2v) is 20.9. The molecule has 0 aromatic heterocycles. The minimum Gasteiger partial charge on any atom is -0.441 e. The van der Waals surface area contributed by atoms with Crippen LogP contribution in [0.4, 0.5) is 4.79 Å². The predicted octanol–water partition coefficient (Wildman–Crippen LogP) is 5.53. The van der Waals surface area contributed by atoms with Gasteiger partial charge in [-0.3, -0.25) is 4.90 Å². The molecule has 5 rings (SSSR count). The standard InChI is InChI=1S/C31H46N2O6SSi/c1-8-9-10-16-30(21-34)18-23-19-32-28(35)39-26(20-38-41(6,7)29(3,4)5)31(32)25(23)15-17-33(27(30)31)40(36,37)24-13-11-22(2)12-14-24/h8,11-14,21,23,25-27H,1,9-10,15-20H2,2-7H3/t23-,25+,26+,27-,30-,31+/m0/s1. The molecular weight excluding hydrogens is 557 g/mol. The van der Waals surface area contributed by atoms with Crippen LogP contribution in [-0.2, 0) is 24.0 Å². The van der Waals surface area contributed by atoms with Crippen LogP contribution in [0.3, 0.4) is 0 Å². The maximum Gasteiger partial charge on any atom is 0.410 e. The van der Waals surface area contributed by atoms with Crippen molar-refractivity contribution in [2.75, 3.05) is 19.7 Å². The van der Waals surface area contributed by atoms with Crippen molar-refractivity contribution < 1.29 is 27.2 Å². The van der Waals surface area contributed by atoms with Crippen LogP contribution < -0.4 is 0 Å². The van der Waals surface area contributed by atoms with E-state index in [2.05, 4.69) is 40.4 Å². The van der Waals surface area contributed by atoms with E-state index in [9.17, 15) is 18.0 Å². The number of hydrogen-bond acceptors (Lipinski definition) is 6. The number of ether oxygens (including phenoxy) is 1. The monoisotopic (exact) mass is 602 g/mol. The van der Waals surface area contributed by atoms with Crippen molar-refractivity contribution in [3.63, 3.8) is 0 Å². The number of carbonyl (C=O) groups is 2. The lowest BCUT2D eigenvalue weighted by Crippen LogP contribution is -2.76. The molecule has 3 aliphatic heterocycles. The summed E-state index contributed by atoms with van der Waals surface area (Å²) in [5.41, 5.74) is -0.957. The molecule has 0 N–H and O–H groups in total. The van der Waals surface area contributed by atoms with E-state index < -0.39 is 47.5 Å². The number of benzene rings is 1. The van der Waals surface area contributed by atoms with Gasteiger partial charge in [0.05, 0.1) is 17.5 Å². The summed E-state index contributed by atoms with van der Waals surface area (Å²) in [5.74, 6) is 0.136. The van der Waals surface area contributed by atoms with E-state index in [4.69, 9.17) is 9.16 Å². The maximum absolute atomic E-state index is 14.5. The van der Waals surface area contributed by atoms with Gasteiger partial charge in [-0.05, 0) is 81.1 Å². The van der Waals surface area contributed by atoms with Gasteiger partial charge in [-0.25, -0.2) is 13.2 Å². The number of unbranched alkanes of at least 4 members (excludes halogenated alkanes) is 1. The highest BCUT2D eigenvalue weighted by Gasteiger charge is 2.78. The number of rotatable bonds is 10. The average Bonchev–Trinajstić information content (AvgIpc) is 3.30. The summed E-state index contributed by atoms with van der Waals surface area (Å²) in [6, 6.07) is 6.13. The van der Waals surface area contributed by atoms with Gasteiger partial charge in [-0.1, -0.05) is 44.5 Å². The first-order valence-electron chi connectivity index (χ1n) is 14.9. The summed E-state index contributed by atoms with van der Waals surface area (Å²) in [5, 5.41) is -0.0499. The van der Waals surface area contributed by atoms with E-state index in [1.807, 2.05) is 13.0 Å².